The Labute approximate surface area is 108 Å². The molecule has 8 nitrogen and oxygen atoms in total. The maximum Gasteiger partial charge on any atom is 0.358 e. The molecule has 1 N–H and O–H groups in total. The van der Waals surface area contributed by atoms with Crippen LogP contribution in [0.15, 0.2) is 6.07 Å². The van der Waals surface area contributed by atoms with Crippen molar-refractivity contribution >= 4 is 17.9 Å². The Bertz CT molecular complexity index is 514. The SMILES string of the molecule is COC(=O)c1cc(CCC(=O)O)c(C(=O)OC)nn1. The fraction of sp³-hybridized carbons (Fsp3) is 0.364. The molecule has 0 spiro atoms. The average Bonchev–Trinajstić information content (AvgIpc) is 2.42. The van der Waals surface area contributed by atoms with Gasteiger partial charge in [-0.05, 0) is 18.1 Å². The van der Waals surface area contributed by atoms with E-state index in [0.29, 0.717) is 0 Å². The predicted octanol–water partition coefficient (Wildman–Crippen LogP) is 0.0670. The smallest absolute Gasteiger partial charge is 0.358 e. The highest BCUT2D eigenvalue weighted by Crippen LogP contribution is 2.11. The summed E-state index contributed by atoms with van der Waals surface area (Å²) in [5.74, 6) is -2.50. The number of carboxylic acids is 1. The fourth-order valence-electron chi connectivity index (χ4n) is 1.34. The first-order chi connectivity index (χ1) is 8.99. The van der Waals surface area contributed by atoms with Crippen molar-refractivity contribution < 1.29 is 29.0 Å². The zero-order valence-corrected chi connectivity index (χ0v) is 10.4. The number of hydrogen-bond donors (Lipinski definition) is 1. The molecule has 0 bridgehead atoms. The summed E-state index contributed by atoms with van der Waals surface area (Å²) >= 11 is 0. The minimum atomic E-state index is -1.03. The molecule has 0 amide bonds. The van der Waals surface area contributed by atoms with Crippen molar-refractivity contribution in [3.63, 3.8) is 0 Å². The lowest BCUT2D eigenvalue weighted by Gasteiger charge is -2.06. The quantitative estimate of drug-likeness (QED) is 0.745. The monoisotopic (exact) mass is 268 g/mol. The van der Waals surface area contributed by atoms with Gasteiger partial charge in [0, 0.05) is 6.42 Å². The van der Waals surface area contributed by atoms with E-state index < -0.39 is 17.9 Å². The van der Waals surface area contributed by atoms with Crippen molar-refractivity contribution in [2.24, 2.45) is 0 Å². The van der Waals surface area contributed by atoms with Gasteiger partial charge in [0.15, 0.2) is 11.4 Å². The highest BCUT2D eigenvalue weighted by atomic mass is 16.5. The number of aliphatic carboxylic acids is 1. The van der Waals surface area contributed by atoms with Crippen LogP contribution in [-0.2, 0) is 20.7 Å². The second kappa shape index (κ2) is 6.43. The summed E-state index contributed by atoms with van der Waals surface area (Å²) in [4.78, 5) is 33.3. The first-order valence-corrected chi connectivity index (χ1v) is 5.24. The second-order valence-electron chi connectivity index (χ2n) is 3.48. The number of carboxylic acid groups (broad SMARTS) is 1. The maximum atomic E-state index is 11.4. The van der Waals surface area contributed by atoms with E-state index >= 15 is 0 Å². The van der Waals surface area contributed by atoms with Gasteiger partial charge in [0.05, 0.1) is 14.2 Å². The summed E-state index contributed by atoms with van der Waals surface area (Å²) in [7, 11) is 2.34. The lowest BCUT2D eigenvalue weighted by Crippen LogP contribution is -2.15. The molecule has 0 atom stereocenters. The van der Waals surface area contributed by atoms with Gasteiger partial charge in [-0.25, -0.2) is 9.59 Å². The molecule has 0 aliphatic rings. The summed E-state index contributed by atoms with van der Waals surface area (Å²) in [5, 5.41) is 15.8. The van der Waals surface area contributed by atoms with Crippen LogP contribution in [0.1, 0.15) is 33.0 Å². The summed E-state index contributed by atoms with van der Waals surface area (Å²) in [6.45, 7) is 0. The van der Waals surface area contributed by atoms with Crippen LogP contribution in [0.5, 0.6) is 0 Å². The van der Waals surface area contributed by atoms with Gasteiger partial charge in [0.1, 0.15) is 0 Å². The van der Waals surface area contributed by atoms with Crippen LogP contribution in [0, 0.1) is 0 Å². The van der Waals surface area contributed by atoms with Crippen LogP contribution in [0.2, 0.25) is 0 Å². The van der Waals surface area contributed by atoms with Gasteiger partial charge in [0.2, 0.25) is 0 Å². The van der Waals surface area contributed by atoms with Crippen LogP contribution in [0.4, 0.5) is 0 Å². The van der Waals surface area contributed by atoms with Crippen molar-refractivity contribution in [3.05, 3.63) is 23.0 Å². The number of aromatic nitrogens is 2. The molecule has 102 valence electrons. The van der Waals surface area contributed by atoms with Crippen LogP contribution in [-0.4, -0.2) is 47.4 Å². The molecule has 1 heterocycles. The number of hydrogen-bond acceptors (Lipinski definition) is 7. The molecular weight excluding hydrogens is 256 g/mol. The third-order valence-electron chi connectivity index (χ3n) is 2.25. The van der Waals surface area contributed by atoms with Crippen molar-refractivity contribution in [2.75, 3.05) is 14.2 Å². The molecule has 0 saturated carbocycles. The molecule has 1 rings (SSSR count). The van der Waals surface area contributed by atoms with Gasteiger partial charge in [0.25, 0.3) is 0 Å². The topological polar surface area (TPSA) is 116 Å². The van der Waals surface area contributed by atoms with Crippen LogP contribution in [0.25, 0.3) is 0 Å². The molecule has 0 aromatic carbocycles. The van der Waals surface area contributed by atoms with E-state index in [2.05, 4.69) is 19.7 Å². The van der Waals surface area contributed by atoms with Crippen molar-refractivity contribution in [1.82, 2.24) is 10.2 Å². The molecular formula is C11H12N2O6. The van der Waals surface area contributed by atoms with E-state index in [-0.39, 0.29) is 29.8 Å². The molecule has 1 aromatic heterocycles. The zero-order chi connectivity index (χ0) is 14.4. The Morgan fingerprint density at radius 3 is 2.32 bits per heavy atom. The normalized spacial score (nSPS) is 9.79. The lowest BCUT2D eigenvalue weighted by molar-refractivity contribution is -0.136. The van der Waals surface area contributed by atoms with Crippen LogP contribution < -0.4 is 0 Å². The minimum absolute atomic E-state index is 0.0271. The van der Waals surface area contributed by atoms with Crippen LogP contribution in [0.3, 0.4) is 0 Å². The van der Waals surface area contributed by atoms with Gasteiger partial charge < -0.3 is 14.6 Å². The highest BCUT2D eigenvalue weighted by Gasteiger charge is 2.19. The molecule has 1 aromatic rings. The third-order valence-corrected chi connectivity index (χ3v) is 2.25. The standard InChI is InChI=1S/C11H12N2O6/c1-18-10(16)7-5-6(3-4-8(14)15)9(13-12-7)11(17)19-2/h5H,3-4H2,1-2H3,(H,14,15). The molecule has 0 aliphatic carbocycles. The molecule has 8 heteroatoms. The van der Waals surface area contributed by atoms with Crippen molar-refractivity contribution in [1.29, 1.82) is 0 Å². The maximum absolute atomic E-state index is 11.4. The number of aryl methyl sites for hydroxylation is 1. The minimum Gasteiger partial charge on any atom is -0.481 e. The Morgan fingerprint density at radius 1 is 1.16 bits per heavy atom. The Balaban J connectivity index is 3.13. The molecule has 19 heavy (non-hydrogen) atoms. The Morgan fingerprint density at radius 2 is 1.79 bits per heavy atom. The number of carbonyl (C=O) groups is 3. The Hall–Kier alpha value is -2.51. The molecule has 0 saturated heterocycles. The van der Waals surface area contributed by atoms with Crippen molar-refractivity contribution in [2.45, 2.75) is 12.8 Å². The second-order valence-corrected chi connectivity index (χ2v) is 3.48. The summed E-state index contributed by atoms with van der Waals surface area (Å²) < 4.78 is 8.97. The third kappa shape index (κ3) is 3.73. The van der Waals surface area contributed by atoms with E-state index in [0.717, 1.165) is 0 Å². The van der Waals surface area contributed by atoms with E-state index in [1.807, 2.05) is 0 Å². The van der Waals surface area contributed by atoms with Gasteiger partial charge >= 0.3 is 17.9 Å². The van der Waals surface area contributed by atoms with Gasteiger partial charge in [-0.15, -0.1) is 10.2 Å². The number of carbonyl (C=O) groups excluding carboxylic acids is 2. The molecule has 0 radical (unpaired) electrons. The number of esters is 2. The highest BCUT2D eigenvalue weighted by molar-refractivity contribution is 5.91. The first-order valence-electron chi connectivity index (χ1n) is 5.24. The van der Waals surface area contributed by atoms with Gasteiger partial charge in [-0.1, -0.05) is 0 Å². The van der Waals surface area contributed by atoms with Crippen molar-refractivity contribution in [3.8, 4) is 0 Å². The number of methoxy groups -OCH3 is 2. The zero-order valence-electron chi connectivity index (χ0n) is 10.4. The van der Waals surface area contributed by atoms with E-state index in [9.17, 15) is 14.4 Å². The predicted molar refractivity (Wildman–Crippen MR) is 60.7 cm³/mol. The molecule has 0 aliphatic heterocycles. The summed E-state index contributed by atoms with van der Waals surface area (Å²) in [6.07, 6.45) is -0.185. The molecule has 0 unspecified atom stereocenters. The van der Waals surface area contributed by atoms with E-state index in [1.165, 1.54) is 20.3 Å². The lowest BCUT2D eigenvalue weighted by atomic mass is 10.1. The molecule has 0 fully saturated rings. The summed E-state index contributed by atoms with van der Waals surface area (Å²) in [5.41, 5.74) is 0.0524. The first kappa shape index (κ1) is 14.6. The van der Waals surface area contributed by atoms with Gasteiger partial charge in [-0.2, -0.15) is 0 Å². The fourth-order valence-corrected chi connectivity index (χ4v) is 1.34. The van der Waals surface area contributed by atoms with Crippen LogP contribution >= 0.6 is 0 Å². The van der Waals surface area contributed by atoms with E-state index in [4.69, 9.17) is 5.11 Å². The van der Waals surface area contributed by atoms with Gasteiger partial charge in [-0.3, -0.25) is 4.79 Å². The average molecular weight is 268 g/mol. The number of rotatable bonds is 5. The van der Waals surface area contributed by atoms with E-state index in [1.54, 1.807) is 0 Å². The Kier molecular flexibility index (Phi) is 4.92. The number of ether oxygens (including phenoxy) is 2. The summed E-state index contributed by atoms with van der Waals surface area (Å²) in [6, 6.07) is 1.27. The largest absolute Gasteiger partial charge is 0.481 e. The number of nitrogens with zero attached hydrogens (tertiary/aromatic N) is 2.